The van der Waals surface area contributed by atoms with Gasteiger partial charge in [0.05, 0.1) is 4.90 Å². The highest BCUT2D eigenvalue weighted by Gasteiger charge is 2.30. The molecule has 0 saturated carbocycles. The zero-order chi connectivity index (χ0) is 14.8. The number of nitrogens with zero attached hydrogens (tertiary/aromatic N) is 1. The molecule has 1 aromatic carbocycles. The summed E-state index contributed by atoms with van der Waals surface area (Å²) in [6.07, 6.45) is 2.55. The van der Waals surface area contributed by atoms with E-state index in [1.165, 1.54) is 0 Å². The van der Waals surface area contributed by atoms with E-state index in [4.69, 9.17) is 5.11 Å². The van der Waals surface area contributed by atoms with Crippen LogP contribution in [0.4, 0.5) is 0 Å². The summed E-state index contributed by atoms with van der Waals surface area (Å²) in [5, 5.41) is 9.03. The zero-order valence-electron chi connectivity index (χ0n) is 12.2. The van der Waals surface area contributed by atoms with Crippen molar-refractivity contribution in [1.82, 2.24) is 4.31 Å². The minimum Gasteiger partial charge on any atom is -0.396 e. The third-order valence-electron chi connectivity index (χ3n) is 3.97. The molecule has 1 atom stereocenters. The van der Waals surface area contributed by atoms with E-state index in [0.29, 0.717) is 24.4 Å². The highest BCUT2D eigenvalue weighted by molar-refractivity contribution is 7.89. The summed E-state index contributed by atoms with van der Waals surface area (Å²) in [7, 11) is -3.41. The normalized spacial score (nSPS) is 21.1. The molecule has 1 fully saturated rings. The Kier molecular flexibility index (Phi) is 4.83. The molecule has 20 heavy (non-hydrogen) atoms. The van der Waals surface area contributed by atoms with E-state index in [2.05, 4.69) is 0 Å². The number of aliphatic hydroxyl groups excluding tert-OH is 1. The number of rotatable bonds is 4. The summed E-state index contributed by atoms with van der Waals surface area (Å²) in [5.41, 5.74) is 1.87. The number of benzene rings is 1. The second kappa shape index (κ2) is 6.24. The number of aliphatic hydroxyl groups is 1. The molecule has 1 aromatic rings. The molecule has 5 heteroatoms. The summed E-state index contributed by atoms with van der Waals surface area (Å²) < 4.78 is 27.0. The lowest BCUT2D eigenvalue weighted by atomic mass is 9.97. The maximum Gasteiger partial charge on any atom is 0.243 e. The van der Waals surface area contributed by atoms with Crippen LogP contribution in [0.1, 0.15) is 30.4 Å². The molecular weight excluding hydrogens is 274 g/mol. The van der Waals surface area contributed by atoms with Crippen LogP contribution in [-0.2, 0) is 10.0 Å². The fourth-order valence-corrected chi connectivity index (χ4v) is 4.65. The Hall–Kier alpha value is -0.910. The van der Waals surface area contributed by atoms with Crippen molar-refractivity contribution in [3.05, 3.63) is 29.3 Å². The van der Waals surface area contributed by atoms with Gasteiger partial charge in [-0.3, -0.25) is 0 Å². The number of piperidine rings is 1. The van der Waals surface area contributed by atoms with Gasteiger partial charge in [0.2, 0.25) is 10.0 Å². The average molecular weight is 297 g/mol. The second-order valence-electron chi connectivity index (χ2n) is 5.65. The summed E-state index contributed by atoms with van der Waals surface area (Å²) >= 11 is 0. The number of hydrogen-bond donors (Lipinski definition) is 1. The molecular formula is C15H23NO3S. The molecule has 1 aliphatic rings. The Bertz CT molecular complexity index is 566. The number of sulfonamides is 1. The van der Waals surface area contributed by atoms with Gasteiger partial charge in [-0.1, -0.05) is 17.7 Å². The first kappa shape index (κ1) is 15.5. The van der Waals surface area contributed by atoms with Crippen LogP contribution in [0.25, 0.3) is 0 Å². The van der Waals surface area contributed by atoms with Gasteiger partial charge in [-0.05, 0) is 50.7 Å². The highest BCUT2D eigenvalue weighted by Crippen LogP contribution is 2.27. The van der Waals surface area contributed by atoms with Gasteiger partial charge in [0.1, 0.15) is 0 Å². The van der Waals surface area contributed by atoms with Gasteiger partial charge in [0.15, 0.2) is 0 Å². The Labute approximate surface area is 121 Å². The Morgan fingerprint density at radius 2 is 2.10 bits per heavy atom. The van der Waals surface area contributed by atoms with Crippen molar-refractivity contribution in [1.29, 1.82) is 0 Å². The van der Waals surface area contributed by atoms with Crippen LogP contribution in [0.15, 0.2) is 23.1 Å². The monoisotopic (exact) mass is 297 g/mol. The molecule has 0 aliphatic carbocycles. The molecule has 0 amide bonds. The van der Waals surface area contributed by atoms with Crippen molar-refractivity contribution in [2.45, 2.75) is 38.0 Å². The molecule has 1 heterocycles. The molecule has 1 unspecified atom stereocenters. The molecule has 1 saturated heterocycles. The van der Waals surface area contributed by atoms with E-state index in [0.717, 1.165) is 24.0 Å². The van der Waals surface area contributed by atoms with Gasteiger partial charge in [0.25, 0.3) is 0 Å². The topological polar surface area (TPSA) is 57.6 Å². The maximum absolute atomic E-state index is 12.7. The lowest BCUT2D eigenvalue weighted by Gasteiger charge is -2.32. The van der Waals surface area contributed by atoms with Crippen molar-refractivity contribution in [3.8, 4) is 0 Å². The van der Waals surface area contributed by atoms with Crippen LogP contribution in [0.2, 0.25) is 0 Å². The Balaban J connectivity index is 2.25. The van der Waals surface area contributed by atoms with Gasteiger partial charge in [-0.15, -0.1) is 0 Å². The fourth-order valence-electron chi connectivity index (χ4n) is 2.89. The summed E-state index contributed by atoms with van der Waals surface area (Å²) in [4.78, 5) is 0.410. The van der Waals surface area contributed by atoms with Crippen molar-refractivity contribution in [2.75, 3.05) is 19.7 Å². The predicted octanol–water partition coefficient (Wildman–Crippen LogP) is 2.09. The molecule has 0 bridgehead atoms. The smallest absolute Gasteiger partial charge is 0.243 e. The third kappa shape index (κ3) is 3.22. The van der Waals surface area contributed by atoms with Crippen molar-refractivity contribution in [3.63, 3.8) is 0 Å². The van der Waals surface area contributed by atoms with Crippen molar-refractivity contribution >= 4 is 10.0 Å². The van der Waals surface area contributed by atoms with Crippen LogP contribution >= 0.6 is 0 Å². The van der Waals surface area contributed by atoms with Crippen LogP contribution in [0, 0.1) is 19.8 Å². The van der Waals surface area contributed by atoms with Gasteiger partial charge in [0, 0.05) is 19.7 Å². The van der Waals surface area contributed by atoms with E-state index < -0.39 is 10.0 Å². The lowest BCUT2D eigenvalue weighted by Crippen LogP contribution is -2.40. The van der Waals surface area contributed by atoms with E-state index in [9.17, 15) is 8.42 Å². The quantitative estimate of drug-likeness (QED) is 0.926. The van der Waals surface area contributed by atoms with Crippen LogP contribution in [0.5, 0.6) is 0 Å². The van der Waals surface area contributed by atoms with E-state index in [1.54, 1.807) is 10.4 Å². The molecule has 1 N–H and O–H groups in total. The van der Waals surface area contributed by atoms with E-state index >= 15 is 0 Å². The first-order chi connectivity index (χ1) is 9.45. The van der Waals surface area contributed by atoms with Crippen LogP contribution in [0.3, 0.4) is 0 Å². The zero-order valence-corrected chi connectivity index (χ0v) is 13.0. The third-order valence-corrected chi connectivity index (χ3v) is 5.99. The molecule has 1 aliphatic heterocycles. The number of hydrogen-bond acceptors (Lipinski definition) is 3. The SMILES string of the molecule is Cc1ccc(S(=O)(=O)N2CCCC(CCO)C2)c(C)c1. The summed E-state index contributed by atoms with van der Waals surface area (Å²) in [6, 6.07) is 5.45. The second-order valence-corrected chi connectivity index (χ2v) is 7.56. The molecule has 4 nitrogen and oxygen atoms in total. The predicted molar refractivity (Wildman–Crippen MR) is 79.1 cm³/mol. The van der Waals surface area contributed by atoms with Crippen LogP contribution < -0.4 is 0 Å². The fraction of sp³-hybridized carbons (Fsp3) is 0.600. The Morgan fingerprint density at radius 1 is 1.35 bits per heavy atom. The minimum absolute atomic E-state index is 0.127. The highest BCUT2D eigenvalue weighted by atomic mass is 32.2. The van der Waals surface area contributed by atoms with Crippen molar-refractivity contribution in [2.24, 2.45) is 5.92 Å². The van der Waals surface area contributed by atoms with Gasteiger partial charge in [-0.2, -0.15) is 4.31 Å². The molecule has 2 rings (SSSR count). The summed E-state index contributed by atoms with van der Waals surface area (Å²) in [5.74, 6) is 0.272. The molecule has 0 radical (unpaired) electrons. The molecule has 0 spiro atoms. The largest absolute Gasteiger partial charge is 0.396 e. The van der Waals surface area contributed by atoms with E-state index in [-0.39, 0.29) is 12.5 Å². The Morgan fingerprint density at radius 3 is 2.75 bits per heavy atom. The molecule has 112 valence electrons. The maximum atomic E-state index is 12.7. The average Bonchev–Trinajstić information content (AvgIpc) is 2.39. The molecule has 0 aromatic heterocycles. The summed E-state index contributed by atoms with van der Waals surface area (Å²) in [6.45, 7) is 5.03. The van der Waals surface area contributed by atoms with Gasteiger partial charge < -0.3 is 5.11 Å². The van der Waals surface area contributed by atoms with Gasteiger partial charge >= 0.3 is 0 Å². The number of aryl methyl sites for hydroxylation is 2. The minimum atomic E-state index is -3.41. The van der Waals surface area contributed by atoms with E-state index in [1.807, 2.05) is 26.0 Å². The van der Waals surface area contributed by atoms with Gasteiger partial charge in [-0.25, -0.2) is 8.42 Å². The standard InChI is InChI=1S/C15H23NO3S/c1-12-5-6-15(13(2)10-12)20(18,19)16-8-3-4-14(11-16)7-9-17/h5-6,10,14,17H,3-4,7-9,11H2,1-2H3. The van der Waals surface area contributed by atoms with Crippen molar-refractivity contribution < 1.29 is 13.5 Å². The lowest BCUT2D eigenvalue weighted by molar-refractivity contribution is 0.203. The first-order valence-electron chi connectivity index (χ1n) is 7.13. The van der Waals surface area contributed by atoms with Crippen LogP contribution in [-0.4, -0.2) is 37.5 Å². The first-order valence-corrected chi connectivity index (χ1v) is 8.57.